The molecular formula is C18H17ClN4OS. The molecule has 0 atom stereocenters. The number of benzene rings is 1. The number of carbonyl (C=O) groups is 1. The number of amides is 1. The minimum atomic E-state index is -0.171. The lowest BCUT2D eigenvalue weighted by atomic mass is 10.1. The first kappa shape index (κ1) is 17.4. The summed E-state index contributed by atoms with van der Waals surface area (Å²) < 4.78 is 0. The Morgan fingerprint density at radius 1 is 1.08 bits per heavy atom. The van der Waals surface area contributed by atoms with E-state index in [0.717, 1.165) is 22.5 Å². The summed E-state index contributed by atoms with van der Waals surface area (Å²) in [5.74, 6) is -0.171. The topological polar surface area (TPSA) is 66.9 Å². The van der Waals surface area contributed by atoms with Gasteiger partial charge in [0, 0.05) is 5.69 Å². The quantitative estimate of drug-likeness (QED) is 0.624. The first-order chi connectivity index (χ1) is 11.9. The summed E-state index contributed by atoms with van der Waals surface area (Å²) in [6, 6.07) is 7.59. The first-order valence-electron chi connectivity index (χ1n) is 7.66. The highest BCUT2D eigenvalue weighted by Gasteiger charge is 2.14. The summed E-state index contributed by atoms with van der Waals surface area (Å²) in [5.41, 5.74) is 4.87. The van der Waals surface area contributed by atoms with Gasteiger partial charge in [0.25, 0.3) is 5.91 Å². The number of hydrogen-bond acceptors (Lipinski definition) is 5. The molecule has 1 aromatic carbocycles. The van der Waals surface area contributed by atoms with Gasteiger partial charge < -0.3 is 10.6 Å². The Balaban J connectivity index is 1.74. The maximum atomic E-state index is 12.5. The molecule has 0 saturated carbocycles. The summed E-state index contributed by atoms with van der Waals surface area (Å²) >= 11 is 7.05. The molecule has 2 N–H and O–H groups in total. The van der Waals surface area contributed by atoms with Crippen molar-refractivity contribution in [3.05, 3.63) is 63.4 Å². The molecule has 5 nitrogen and oxygen atoms in total. The van der Waals surface area contributed by atoms with Crippen LogP contribution in [0.2, 0.25) is 5.15 Å². The van der Waals surface area contributed by atoms with Crippen LogP contribution in [0.3, 0.4) is 0 Å². The average Bonchev–Trinajstić information content (AvgIpc) is 3.01. The second-order valence-corrected chi connectivity index (χ2v) is 7.17. The number of anilines is 3. The third-order valence-electron chi connectivity index (χ3n) is 3.62. The Morgan fingerprint density at radius 3 is 2.44 bits per heavy atom. The van der Waals surface area contributed by atoms with E-state index in [-0.39, 0.29) is 5.91 Å². The van der Waals surface area contributed by atoms with Crippen LogP contribution in [-0.4, -0.2) is 15.9 Å². The molecule has 3 aromatic rings. The third kappa shape index (κ3) is 4.15. The van der Waals surface area contributed by atoms with E-state index in [1.165, 1.54) is 16.9 Å². The number of thiazole rings is 1. The van der Waals surface area contributed by atoms with Crippen molar-refractivity contribution >= 4 is 45.4 Å². The minimum absolute atomic E-state index is 0.171. The van der Waals surface area contributed by atoms with Crippen molar-refractivity contribution in [3.8, 4) is 0 Å². The molecule has 0 saturated heterocycles. The Labute approximate surface area is 155 Å². The van der Waals surface area contributed by atoms with Crippen LogP contribution in [0.15, 0.2) is 36.7 Å². The zero-order chi connectivity index (χ0) is 18.0. The molecule has 1 amide bonds. The number of pyridine rings is 1. The van der Waals surface area contributed by atoms with E-state index in [1.54, 1.807) is 24.5 Å². The fourth-order valence-corrected chi connectivity index (χ4v) is 3.41. The van der Waals surface area contributed by atoms with Gasteiger partial charge in [-0.15, -0.1) is 0 Å². The van der Waals surface area contributed by atoms with Crippen molar-refractivity contribution in [1.29, 1.82) is 0 Å². The van der Waals surface area contributed by atoms with E-state index in [4.69, 9.17) is 11.6 Å². The summed E-state index contributed by atoms with van der Waals surface area (Å²) in [7, 11) is 0. The van der Waals surface area contributed by atoms with E-state index in [1.807, 2.05) is 20.8 Å². The van der Waals surface area contributed by atoms with Gasteiger partial charge in [0.05, 0.1) is 18.1 Å². The molecule has 3 rings (SSSR count). The molecule has 0 aliphatic rings. The molecule has 0 radical (unpaired) electrons. The Kier molecular flexibility index (Phi) is 5.01. The van der Waals surface area contributed by atoms with Crippen molar-refractivity contribution in [2.45, 2.75) is 20.8 Å². The van der Waals surface area contributed by atoms with Gasteiger partial charge in [-0.1, -0.05) is 40.6 Å². The summed E-state index contributed by atoms with van der Waals surface area (Å²) in [6.07, 6.45) is 3.17. The lowest BCUT2D eigenvalue weighted by Crippen LogP contribution is -2.12. The summed E-state index contributed by atoms with van der Waals surface area (Å²) in [6.45, 7) is 6.02. The van der Waals surface area contributed by atoms with Gasteiger partial charge in [-0.3, -0.25) is 4.79 Å². The van der Waals surface area contributed by atoms with Gasteiger partial charge in [0.15, 0.2) is 5.13 Å². The van der Waals surface area contributed by atoms with Crippen LogP contribution < -0.4 is 10.6 Å². The van der Waals surface area contributed by atoms with Crippen LogP contribution in [0.1, 0.15) is 26.4 Å². The average molecular weight is 373 g/mol. The van der Waals surface area contributed by atoms with E-state index in [0.29, 0.717) is 15.2 Å². The Bertz CT molecular complexity index is 898. The van der Waals surface area contributed by atoms with Gasteiger partial charge >= 0.3 is 0 Å². The molecule has 0 fully saturated rings. The van der Waals surface area contributed by atoms with Gasteiger partial charge in [-0.05, 0) is 44.0 Å². The van der Waals surface area contributed by atoms with E-state index < -0.39 is 0 Å². The van der Waals surface area contributed by atoms with Crippen LogP contribution in [0.25, 0.3) is 0 Å². The SMILES string of the molecule is Cc1cc(C)c(NC(=O)c2cnc(Nc3ccc(Cl)nc3)s2)c(C)c1. The number of halogens is 1. The fourth-order valence-electron chi connectivity index (χ4n) is 2.56. The number of hydrogen-bond donors (Lipinski definition) is 2. The molecule has 0 unspecified atom stereocenters. The second-order valence-electron chi connectivity index (χ2n) is 5.75. The highest BCUT2D eigenvalue weighted by Crippen LogP contribution is 2.26. The van der Waals surface area contributed by atoms with Crippen molar-refractivity contribution in [3.63, 3.8) is 0 Å². The molecule has 7 heteroatoms. The number of rotatable bonds is 4. The Morgan fingerprint density at radius 2 is 1.80 bits per heavy atom. The molecule has 0 aliphatic heterocycles. The van der Waals surface area contributed by atoms with E-state index in [9.17, 15) is 4.79 Å². The Hall–Kier alpha value is -2.44. The molecular weight excluding hydrogens is 356 g/mol. The molecule has 2 heterocycles. The third-order valence-corrected chi connectivity index (χ3v) is 4.76. The highest BCUT2D eigenvalue weighted by atomic mass is 35.5. The minimum Gasteiger partial charge on any atom is -0.330 e. The smallest absolute Gasteiger partial charge is 0.267 e. The van der Waals surface area contributed by atoms with Gasteiger partial charge in [-0.25, -0.2) is 9.97 Å². The fraction of sp³-hybridized carbons (Fsp3) is 0.167. The zero-order valence-electron chi connectivity index (χ0n) is 14.1. The second kappa shape index (κ2) is 7.21. The molecule has 0 aliphatic carbocycles. The van der Waals surface area contributed by atoms with Crippen molar-refractivity contribution in [2.75, 3.05) is 10.6 Å². The predicted octanol–water partition coefficient (Wildman–Crippen LogP) is 5.11. The van der Waals surface area contributed by atoms with Gasteiger partial charge in [0.1, 0.15) is 10.0 Å². The van der Waals surface area contributed by atoms with Crippen LogP contribution >= 0.6 is 22.9 Å². The first-order valence-corrected chi connectivity index (χ1v) is 8.85. The monoisotopic (exact) mass is 372 g/mol. The normalized spacial score (nSPS) is 10.6. The highest BCUT2D eigenvalue weighted by molar-refractivity contribution is 7.17. The maximum absolute atomic E-state index is 12.5. The van der Waals surface area contributed by atoms with E-state index in [2.05, 4.69) is 32.7 Å². The van der Waals surface area contributed by atoms with Gasteiger partial charge in [0.2, 0.25) is 0 Å². The standard InChI is InChI=1S/C18H17ClN4OS/c1-10-6-11(2)16(12(3)7-10)23-17(24)14-9-21-18(25-14)22-13-4-5-15(19)20-8-13/h4-9H,1-3H3,(H,21,22)(H,23,24). The number of nitrogens with one attached hydrogen (secondary N) is 2. The summed E-state index contributed by atoms with van der Waals surface area (Å²) in [5, 5.41) is 7.13. The molecule has 2 aromatic heterocycles. The van der Waals surface area contributed by atoms with E-state index >= 15 is 0 Å². The predicted molar refractivity (Wildman–Crippen MR) is 103 cm³/mol. The van der Waals surface area contributed by atoms with Crippen molar-refractivity contribution < 1.29 is 4.79 Å². The van der Waals surface area contributed by atoms with Crippen LogP contribution in [0.5, 0.6) is 0 Å². The summed E-state index contributed by atoms with van der Waals surface area (Å²) in [4.78, 5) is 21.3. The van der Waals surface area contributed by atoms with Crippen LogP contribution in [0, 0.1) is 20.8 Å². The zero-order valence-corrected chi connectivity index (χ0v) is 15.6. The number of aryl methyl sites for hydroxylation is 3. The number of aromatic nitrogens is 2. The van der Waals surface area contributed by atoms with Crippen molar-refractivity contribution in [2.24, 2.45) is 0 Å². The lowest BCUT2D eigenvalue weighted by Gasteiger charge is -2.12. The molecule has 0 bridgehead atoms. The number of nitrogens with zero attached hydrogens (tertiary/aromatic N) is 2. The van der Waals surface area contributed by atoms with Crippen LogP contribution in [-0.2, 0) is 0 Å². The molecule has 25 heavy (non-hydrogen) atoms. The number of carbonyl (C=O) groups excluding carboxylic acids is 1. The van der Waals surface area contributed by atoms with Gasteiger partial charge in [-0.2, -0.15) is 0 Å². The van der Waals surface area contributed by atoms with Crippen LogP contribution in [0.4, 0.5) is 16.5 Å². The largest absolute Gasteiger partial charge is 0.330 e. The van der Waals surface area contributed by atoms with Crippen molar-refractivity contribution in [1.82, 2.24) is 9.97 Å². The molecule has 0 spiro atoms. The molecule has 128 valence electrons. The lowest BCUT2D eigenvalue weighted by molar-refractivity contribution is 0.103. The maximum Gasteiger partial charge on any atom is 0.267 e.